The molecule has 0 bridgehead atoms. The zero-order chi connectivity index (χ0) is 13.8. The van der Waals surface area contributed by atoms with Gasteiger partial charge in [-0.05, 0) is 43.7 Å². The van der Waals surface area contributed by atoms with Gasteiger partial charge in [0.2, 0.25) is 0 Å². The number of halogens is 1. The lowest BCUT2D eigenvalue weighted by Gasteiger charge is -2.13. The van der Waals surface area contributed by atoms with Gasteiger partial charge in [-0.1, -0.05) is 28.1 Å². The molecular weight excluding hydrogens is 304 g/mol. The summed E-state index contributed by atoms with van der Waals surface area (Å²) in [6, 6.07) is 11.1. The summed E-state index contributed by atoms with van der Waals surface area (Å²) in [5.74, 6) is -0.0983. The third-order valence-electron chi connectivity index (χ3n) is 2.91. The number of carbonyl (C=O) groups is 1. The first-order valence-electron chi connectivity index (χ1n) is 6.06. The van der Waals surface area contributed by atoms with E-state index in [1.54, 1.807) is 6.20 Å². The average molecular weight is 319 g/mol. The van der Waals surface area contributed by atoms with Gasteiger partial charge in [0.25, 0.3) is 5.91 Å². The third kappa shape index (κ3) is 3.41. The second-order valence-electron chi connectivity index (χ2n) is 4.41. The molecule has 0 aliphatic carbocycles. The summed E-state index contributed by atoms with van der Waals surface area (Å²) in [5, 5.41) is 2.94. The molecule has 2 aromatic rings. The van der Waals surface area contributed by atoms with E-state index >= 15 is 0 Å². The Kier molecular flexibility index (Phi) is 4.32. The van der Waals surface area contributed by atoms with Gasteiger partial charge in [-0.3, -0.25) is 9.78 Å². The van der Waals surface area contributed by atoms with Crippen LogP contribution in [0.3, 0.4) is 0 Å². The molecule has 0 fully saturated rings. The summed E-state index contributed by atoms with van der Waals surface area (Å²) in [6.07, 6.45) is 1.72. The van der Waals surface area contributed by atoms with Crippen LogP contribution in [0.5, 0.6) is 0 Å². The van der Waals surface area contributed by atoms with Gasteiger partial charge in [0.05, 0.1) is 11.7 Å². The zero-order valence-electron chi connectivity index (χ0n) is 10.9. The van der Waals surface area contributed by atoms with Crippen molar-refractivity contribution in [1.29, 1.82) is 0 Å². The highest BCUT2D eigenvalue weighted by Gasteiger charge is 2.12. The van der Waals surface area contributed by atoms with E-state index in [0.29, 0.717) is 5.56 Å². The smallest absolute Gasteiger partial charge is 0.251 e. The summed E-state index contributed by atoms with van der Waals surface area (Å²) >= 11 is 3.43. The number of pyridine rings is 1. The Morgan fingerprint density at radius 3 is 2.74 bits per heavy atom. The van der Waals surface area contributed by atoms with Crippen LogP contribution in [-0.2, 0) is 0 Å². The van der Waals surface area contributed by atoms with Crippen molar-refractivity contribution in [3.8, 4) is 0 Å². The molecule has 0 aliphatic heterocycles. The van der Waals surface area contributed by atoms with Crippen LogP contribution in [0.4, 0.5) is 0 Å². The number of rotatable bonds is 3. The fourth-order valence-corrected chi connectivity index (χ4v) is 2.10. The number of nitrogens with zero attached hydrogens (tertiary/aromatic N) is 1. The standard InChI is InChI=1S/C15H15BrN2O/c1-10-6-7-12(9-13(10)16)15(19)18-11(2)14-5-3-4-8-17-14/h3-9,11H,1-2H3,(H,18,19). The number of amides is 1. The molecule has 1 aromatic heterocycles. The van der Waals surface area contributed by atoms with Crippen molar-refractivity contribution in [3.63, 3.8) is 0 Å². The molecule has 1 unspecified atom stereocenters. The highest BCUT2D eigenvalue weighted by molar-refractivity contribution is 9.10. The Hall–Kier alpha value is -1.68. The summed E-state index contributed by atoms with van der Waals surface area (Å²) in [6.45, 7) is 3.91. The van der Waals surface area contributed by atoms with Crippen molar-refractivity contribution in [2.45, 2.75) is 19.9 Å². The van der Waals surface area contributed by atoms with Crippen LogP contribution in [-0.4, -0.2) is 10.9 Å². The predicted molar refractivity (Wildman–Crippen MR) is 79.0 cm³/mol. The Morgan fingerprint density at radius 1 is 1.32 bits per heavy atom. The van der Waals surface area contributed by atoms with Crippen molar-refractivity contribution in [2.75, 3.05) is 0 Å². The maximum Gasteiger partial charge on any atom is 0.251 e. The van der Waals surface area contributed by atoms with Gasteiger partial charge in [-0.2, -0.15) is 0 Å². The minimum Gasteiger partial charge on any atom is -0.344 e. The normalized spacial score (nSPS) is 11.9. The average Bonchev–Trinajstić information content (AvgIpc) is 2.42. The van der Waals surface area contributed by atoms with Crippen LogP contribution in [0, 0.1) is 6.92 Å². The van der Waals surface area contributed by atoms with Crippen LogP contribution < -0.4 is 5.32 Å². The molecule has 0 saturated carbocycles. The molecule has 1 N–H and O–H groups in total. The first kappa shape index (κ1) is 13.7. The molecule has 0 aliphatic rings. The Morgan fingerprint density at radius 2 is 2.11 bits per heavy atom. The minimum atomic E-state index is -0.117. The molecule has 98 valence electrons. The second kappa shape index (κ2) is 5.97. The summed E-state index contributed by atoms with van der Waals surface area (Å²) in [5.41, 5.74) is 2.59. The van der Waals surface area contributed by atoms with E-state index < -0.39 is 0 Å². The van der Waals surface area contributed by atoms with Crippen molar-refractivity contribution < 1.29 is 4.79 Å². The van der Waals surface area contributed by atoms with Crippen molar-refractivity contribution in [1.82, 2.24) is 10.3 Å². The number of hydrogen-bond donors (Lipinski definition) is 1. The number of hydrogen-bond acceptors (Lipinski definition) is 2. The molecule has 0 saturated heterocycles. The van der Waals surface area contributed by atoms with Crippen molar-refractivity contribution in [3.05, 3.63) is 63.9 Å². The third-order valence-corrected chi connectivity index (χ3v) is 3.77. The van der Waals surface area contributed by atoms with Gasteiger partial charge in [-0.15, -0.1) is 0 Å². The SMILES string of the molecule is Cc1ccc(C(=O)NC(C)c2ccccn2)cc1Br. The van der Waals surface area contributed by atoms with E-state index in [0.717, 1.165) is 15.7 Å². The fourth-order valence-electron chi connectivity index (χ4n) is 1.72. The van der Waals surface area contributed by atoms with Crippen LogP contribution in [0.25, 0.3) is 0 Å². The first-order chi connectivity index (χ1) is 9.08. The topological polar surface area (TPSA) is 42.0 Å². The van der Waals surface area contributed by atoms with Gasteiger partial charge in [0, 0.05) is 16.2 Å². The number of benzene rings is 1. The summed E-state index contributed by atoms with van der Waals surface area (Å²) in [7, 11) is 0. The molecule has 1 amide bonds. The maximum absolute atomic E-state index is 12.1. The van der Waals surface area contributed by atoms with Crippen molar-refractivity contribution in [2.24, 2.45) is 0 Å². The number of nitrogens with one attached hydrogen (secondary N) is 1. The van der Waals surface area contributed by atoms with E-state index in [1.807, 2.05) is 50.2 Å². The number of carbonyl (C=O) groups excluding carboxylic acids is 1. The van der Waals surface area contributed by atoms with Gasteiger partial charge >= 0.3 is 0 Å². The molecule has 0 spiro atoms. The minimum absolute atomic E-state index is 0.0983. The van der Waals surface area contributed by atoms with Crippen LogP contribution >= 0.6 is 15.9 Å². The number of aromatic nitrogens is 1. The van der Waals surface area contributed by atoms with E-state index in [4.69, 9.17) is 0 Å². The lowest BCUT2D eigenvalue weighted by molar-refractivity contribution is 0.0939. The summed E-state index contributed by atoms with van der Waals surface area (Å²) < 4.78 is 0.936. The van der Waals surface area contributed by atoms with Crippen LogP contribution in [0.1, 0.15) is 34.6 Å². The molecule has 2 rings (SSSR count). The molecule has 1 heterocycles. The van der Waals surface area contributed by atoms with E-state index in [-0.39, 0.29) is 11.9 Å². The molecule has 4 heteroatoms. The Labute approximate surface area is 121 Å². The van der Waals surface area contributed by atoms with Crippen molar-refractivity contribution >= 4 is 21.8 Å². The first-order valence-corrected chi connectivity index (χ1v) is 6.85. The maximum atomic E-state index is 12.1. The molecule has 1 aromatic carbocycles. The largest absolute Gasteiger partial charge is 0.344 e. The fraction of sp³-hybridized carbons (Fsp3) is 0.200. The van der Waals surface area contributed by atoms with Gasteiger partial charge in [0.15, 0.2) is 0 Å². The molecule has 19 heavy (non-hydrogen) atoms. The lowest BCUT2D eigenvalue weighted by Crippen LogP contribution is -2.27. The quantitative estimate of drug-likeness (QED) is 0.938. The molecule has 3 nitrogen and oxygen atoms in total. The highest BCUT2D eigenvalue weighted by Crippen LogP contribution is 2.18. The van der Waals surface area contributed by atoms with Gasteiger partial charge < -0.3 is 5.32 Å². The molecule has 1 atom stereocenters. The number of aryl methyl sites for hydroxylation is 1. The molecule has 0 radical (unpaired) electrons. The van der Waals surface area contributed by atoms with Gasteiger partial charge in [0.1, 0.15) is 0 Å². The van der Waals surface area contributed by atoms with E-state index in [2.05, 4.69) is 26.2 Å². The zero-order valence-corrected chi connectivity index (χ0v) is 12.4. The Bertz CT molecular complexity index is 584. The van der Waals surface area contributed by atoms with E-state index in [9.17, 15) is 4.79 Å². The molecular formula is C15H15BrN2O. The summed E-state index contributed by atoms with van der Waals surface area (Å²) in [4.78, 5) is 16.4. The van der Waals surface area contributed by atoms with Gasteiger partial charge in [-0.25, -0.2) is 0 Å². The predicted octanol–water partition coefficient (Wildman–Crippen LogP) is 3.64. The lowest BCUT2D eigenvalue weighted by atomic mass is 10.1. The highest BCUT2D eigenvalue weighted by atomic mass is 79.9. The Balaban J connectivity index is 2.11. The van der Waals surface area contributed by atoms with Crippen LogP contribution in [0.2, 0.25) is 0 Å². The van der Waals surface area contributed by atoms with Crippen LogP contribution in [0.15, 0.2) is 47.1 Å². The second-order valence-corrected chi connectivity index (χ2v) is 5.27. The van der Waals surface area contributed by atoms with E-state index in [1.165, 1.54) is 0 Å². The monoisotopic (exact) mass is 318 g/mol.